The van der Waals surface area contributed by atoms with Crippen LogP contribution in [-0.4, -0.2) is 42.8 Å². The lowest BCUT2D eigenvalue weighted by Gasteiger charge is -2.30. The van der Waals surface area contributed by atoms with E-state index < -0.39 is 23.8 Å². The topological polar surface area (TPSA) is 95.9 Å². The Kier molecular flexibility index (Phi) is 7.02. The van der Waals surface area contributed by atoms with Crippen molar-refractivity contribution in [3.05, 3.63) is 58.6 Å². The van der Waals surface area contributed by atoms with E-state index in [4.69, 9.17) is 14.2 Å². The highest BCUT2D eigenvalue weighted by molar-refractivity contribution is 6.04. The number of nitrogens with zero attached hydrogens (tertiary/aromatic N) is 1. The van der Waals surface area contributed by atoms with Gasteiger partial charge in [0.15, 0.2) is 0 Å². The zero-order valence-electron chi connectivity index (χ0n) is 19.0. The van der Waals surface area contributed by atoms with Gasteiger partial charge in [0.05, 0.1) is 37.0 Å². The third kappa shape index (κ3) is 4.26. The minimum atomic E-state index is -0.629. The van der Waals surface area contributed by atoms with Crippen molar-refractivity contribution in [3.63, 3.8) is 0 Å². The van der Waals surface area contributed by atoms with Crippen LogP contribution in [0.3, 0.4) is 0 Å². The van der Waals surface area contributed by atoms with Gasteiger partial charge in [-0.1, -0.05) is 18.2 Å². The largest absolute Gasteiger partial charge is 0.465 e. The molecule has 32 heavy (non-hydrogen) atoms. The predicted octanol–water partition coefficient (Wildman–Crippen LogP) is 3.32. The van der Waals surface area contributed by atoms with E-state index in [0.29, 0.717) is 28.1 Å². The van der Waals surface area contributed by atoms with Crippen molar-refractivity contribution < 1.29 is 28.6 Å². The molecule has 2 heterocycles. The molecule has 0 amide bonds. The molecule has 1 aromatic carbocycles. The molecule has 1 N–H and O–H groups in total. The highest BCUT2D eigenvalue weighted by Gasteiger charge is 2.37. The smallest absolute Gasteiger partial charge is 0.340 e. The van der Waals surface area contributed by atoms with Crippen LogP contribution in [0.15, 0.2) is 53.0 Å². The highest BCUT2D eigenvalue weighted by atomic mass is 16.5. The molecule has 0 saturated carbocycles. The van der Waals surface area contributed by atoms with Gasteiger partial charge in [-0.2, -0.15) is 0 Å². The summed E-state index contributed by atoms with van der Waals surface area (Å²) < 4.78 is 17.4. The van der Waals surface area contributed by atoms with E-state index >= 15 is 0 Å². The summed E-state index contributed by atoms with van der Waals surface area (Å²) in [5.41, 5.74) is 3.14. The van der Waals surface area contributed by atoms with Gasteiger partial charge in [-0.25, -0.2) is 14.4 Å². The number of benzene rings is 1. The number of ether oxygens (including phenoxy) is 3. The minimum absolute atomic E-state index is 0.207. The summed E-state index contributed by atoms with van der Waals surface area (Å²) >= 11 is 0. The van der Waals surface area contributed by atoms with Gasteiger partial charge in [0.2, 0.25) is 0 Å². The van der Waals surface area contributed by atoms with Gasteiger partial charge < -0.3 is 24.1 Å². The van der Waals surface area contributed by atoms with Crippen molar-refractivity contribution in [1.29, 1.82) is 0 Å². The number of rotatable bonds is 7. The molecule has 170 valence electrons. The van der Waals surface area contributed by atoms with Crippen LogP contribution >= 0.6 is 0 Å². The molecule has 0 aliphatic carbocycles. The lowest BCUT2D eigenvalue weighted by Crippen LogP contribution is -2.35. The maximum Gasteiger partial charge on any atom is 0.340 e. The molecular formula is C24H28N2O6. The number of allylic oxidation sites excluding steroid dienone is 2. The molecule has 0 saturated heterocycles. The van der Waals surface area contributed by atoms with Gasteiger partial charge in [0.25, 0.3) is 0 Å². The molecule has 0 fully saturated rings. The van der Waals surface area contributed by atoms with Crippen molar-refractivity contribution in [2.24, 2.45) is 5.92 Å². The van der Waals surface area contributed by atoms with Crippen LogP contribution in [0.4, 0.5) is 0 Å². The van der Waals surface area contributed by atoms with Gasteiger partial charge in [-0.05, 0) is 33.8 Å². The summed E-state index contributed by atoms with van der Waals surface area (Å²) in [4.78, 5) is 38.1. The van der Waals surface area contributed by atoms with Crippen molar-refractivity contribution >= 4 is 28.8 Å². The van der Waals surface area contributed by atoms with Gasteiger partial charge in [0.1, 0.15) is 0 Å². The molecule has 0 bridgehead atoms. The number of nitrogens with one attached hydrogen (secondary N) is 1. The fourth-order valence-corrected chi connectivity index (χ4v) is 4.14. The first-order valence-corrected chi connectivity index (χ1v) is 10.5. The Morgan fingerprint density at radius 2 is 1.50 bits per heavy atom. The van der Waals surface area contributed by atoms with Crippen LogP contribution in [0.1, 0.15) is 38.1 Å². The highest BCUT2D eigenvalue weighted by Crippen LogP contribution is 2.34. The first kappa shape index (κ1) is 23.1. The molecule has 0 unspecified atom stereocenters. The second-order valence-corrected chi connectivity index (χ2v) is 7.40. The van der Waals surface area contributed by atoms with Crippen molar-refractivity contribution in [2.45, 2.75) is 34.2 Å². The SMILES string of the molecule is CCOC(=O)C1=C(C)NC(C)=C(C(=O)OCC)C1Cn1cc(C(=O)OC)c2ccccc21. The zero-order valence-corrected chi connectivity index (χ0v) is 19.0. The lowest BCUT2D eigenvalue weighted by atomic mass is 9.85. The van der Waals surface area contributed by atoms with E-state index in [1.165, 1.54) is 7.11 Å². The molecule has 8 heteroatoms. The van der Waals surface area contributed by atoms with Crippen LogP contribution in [0.5, 0.6) is 0 Å². The van der Waals surface area contributed by atoms with E-state index in [0.717, 1.165) is 10.9 Å². The predicted molar refractivity (Wildman–Crippen MR) is 119 cm³/mol. The number of fused-ring (bicyclic) bond motifs is 1. The van der Waals surface area contributed by atoms with E-state index in [-0.39, 0.29) is 19.8 Å². The summed E-state index contributed by atoms with van der Waals surface area (Å²) in [5, 5.41) is 3.84. The van der Waals surface area contributed by atoms with E-state index in [1.54, 1.807) is 33.9 Å². The maximum atomic E-state index is 12.9. The second kappa shape index (κ2) is 9.72. The molecular weight excluding hydrogens is 412 g/mol. The lowest BCUT2D eigenvalue weighted by molar-refractivity contribution is -0.140. The Balaban J connectivity index is 2.16. The Bertz CT molecular complexity index is 1080. The molecule has 8 nitrogen and oxygen atoms in total. The number of carbonyl (C=O) groups excluding carboxylic acids is 3. The van der Waals surface area contributed by atoms with E-state index in [1.807, 2.05) is 28.8 Å². The number of hydrogen-bond donors (Lipinski definition) is 1. The van der Waals surface area contributed by atoms with Gasteiger partial charge >= 0.3 is 17.9 Å². The van der Waals surface area contributed by atoms with Crippen molar-refractivity contribution in [3.8, 4) is 0 Å². The standard InChI is InChI=1S/C24H28N2O6/c1-6-31-23(28)20-14(3)25-15(4)21(24(29)32-7-2)18(20)13-26-12-17(22(27)30-5)16-10-8-9-11-19(16)26/h8-12,18,25H,6-7,13H2,1-5H3. The Morgan fingerprint density at radius 3 is 2.03 bits per heavy atom. The third-order valence-electron chi connectivity index (χ3n) is 5.44. The monoisotopic (exact) mass is 440 g/mol. The summed E-state index contributed by atoms with van der Waals surface area (Å²) in [7, 11) is 1.33. The summed E-state index contributed by atoms with van der Waals surface area (Å²) in [6.45, 7) is 7.66. The molecule has 0 spiro atoms. The number of dihydropyridines is 1. The molecule has 1 aliphatic rings. The fraction of sp³-hybridized carbons (Fsp3) is 0.375. The fourth-order valence-electron chi connectivity index (χ4n) is 4.14. The summed E-state index contributed by atoms with van der Waals surface area (Å²) in [6.07, 6.45) is 1.69. The number of carbonyl (C=O) groups is 3. The number of hydrogen-bond acceptors (Lipinski definition) is 7. The number of esters is 3. The molecule has 3 rings (SSSR count). The van der Waals surface area contributed by atoms with Gasteiger partial charge in [-0.15, -0.1) is 0 Å². The van der Waals surface area contributed by atoms with Crippen LogP contribution in [0.2, 0.25) is 0 Å². The van der Waals surface area contributed by atoms with Gasteiger partial charge in [-0.3, -0.25) is 0 Å². The molecule has 1 aromatic heterocycles. The third-order valence-corrected chi connectivity index (χ3v) is 5.44. The van der Waals surface area contributed by atoms with Crippen molar-refractivity contribution in [2.75, 3.05) is 20.3 Å². The molecule has 0 atom stereocenters. The molecule has 1 aliphatic heterocycles. The Labute approximate surface area is 186 Å². The summed E-state index contributed by atoms with van der Waals surface area (Å²) in [6, 6.07) is 7.42. The number of para-hydroxylation sites is 1. The van der Waals surface area contributed by atoms with Gasteiger partial charge in [0, 0.05) is 41.0 Å². The molecule has 2 aromatic rings. The quantitative estimate of drug-likeness (QED) is 0.521. The Hall–Kier alpha value is -3.55. The van der Waals surface area contributed by atoms with Crippen LogP contribution in [-0.2, 0) is 30.3 Å². The second-order valence-electron chi connectivity index (χ2n) is 7.40. The normalized spacial score (nSPS) is 14.4. The van der Waals surface area contributed by atoms with E-state index in [9.17, 15) is 14.4 Å². The van der Waals surface area contributed by atoms with E-state index in [2.05, 4.69) is 5.32 Å². The first-order chi connectivity index (χ1) is 15.3. The minimum Gasteiger partial charge on any atom is -0.465 e. The summed E-state index contributed by atoms with van der Waals surface area (Å²) in [5.74, 6) is -2.08. The number of aromatic nitrogens is 1. The average molecular weight is 440 g/mol. The Morgan fingerprint density at radius 1 is 0.938 bits per heavy atom. The van der Waals surface area contributed by atoms with Crippen LogP contribution in [0.25, 0.3) is 10.9 Å². The number of methoxy groups -OCH3 is 1. The maximum absolute atomic E-state index is 12.9. The van der Waals surface area contributed by atoms with Crippen molar-refractivity contribution in [1.82, 2.24) is 9.88 Å². The molecule has 0 radical (unpaired) electrons. The zero-order chi connectivity index (χ0) is 23.4. The van der Waals surface area contributed by atoms with Crippen LogP contribution < -0.4 is 5.32 Å². The van der Waals surface area contributed by atoms with Crippen LogP contribution in [0, 0.1) is 5.92 Å². The first-order valence-electron chi connectivity index (χ1n) is 10.5. The average Bonchev–Trinajstić information content (AvgIpc) is 3.12.